The van der Waals surface area contributed by atoms with Crippen LogP contribution >= 0.6 is 23.4 Å². The number of aliphatic hydroxyl groups is 1. The Balaban J connectivity index is 1.59. The molecular weight excluding hydrogens is 570 g/mol. The zero-order valence-electron chi connectivity index (χ0n) is 23.1. The first-order valence-corrected chi connectivity index (χ1v) is 15.0. The Labute approximate surface area is 249 Å². The normalized spacial score (nSPS) is 24.1. The van der Waals surface area contributed by atoms with Crippen molar-refractivity contribution >= 4 is 47.1 Å². The van der Waals surface area contributed by atoms with Crippen LogP contribution in [0.4, 0.5) is 0 Å². The third-order valence-corrected chi connectivity index (χ3v) is 8.69. The highest BCUT2D eigenvalue weighted by Crippen LogP contribution is 2.30. The van der Waals surface area contributed by atoms with E-state index in [2.05, 4.69) is 30.7 Å². The van der Waals surface area contributed by atoms with Crippen molar-refractivity contribution in [2.24, 2.45) is 5.92 Å². The lowest BCUT2D eigenvalue weighted by Crippen LogP contribution is -2.49. The first kappa shape index (κ1) is 32.5. The van der Waals surface area contributed by atoms with Gasteiger partial charge in [0.25, 0.3) is 5.91 Å². The van der Waals surface area contributed by atoms with Gasteiger partial charge in [-0.3, -0.25) is 14.4 Å². The molecule has 0 aromatic carbocycles. The number of carbonyl (C=O) groups excluding carboxylic acids is 3. The van der Waals surface area contributed by atoms with Gasteiger partial charge in [-0.1, -0.05) is 32.2 Å². The number of allylic oxidation sites excluding steroid dienone is 2. The van der Waals surface area contributed by atoms with Crippen LogP contribution in [-0.2, 0) is 23.9 Å². The van der Waals surface area contributed by atoms with E-state index in [0.717, 1.165) is 6.42 Å². The van der Waals surface area contributed by atoms with Crippen LogP contribution in [0.25, 0.3) is 0 Å². The Kier molecular flexibility index (Phi) is 12.1. The number of thioether (sulfide) groups is 1. The van der Waals surface area contributed by atoms with Crippen molar-refractivity contribution in [1.29, 1.82) is 0 Å². The summed E-state index contributed by atoms with van der Waals surface area (Å²) in [5.74, 6) is -2.22. The lowest BCUT2D eigenvalue weighted by atomic mass is 9.93. The van der Waals surface area contributed by atoms with E-state index in [1.54, 1.807) is 11.0 Å². The van der Waals surface area contributed by atoms with E-state index in [1.807, 2.05) is 11.5 Å². The molecule has 1 saturated heterocycles. The minimum atomic E-state index is -1.32. The van der Waals surface area contributed by atoms with Gasteiger partial charge in [0.1, 0.15) is 11.8 Å². The number of hydrogen-bond acceptors (Lipinski definition) is 7. The van der Waals surface area contributed by atoms with Gasteiger partial charge < -0.3 is 30.5 Å². The maximum atomic E-state index is 13.3. The summed E-state index contributed by atoms with van der Waals surface area (Å²) in [6.07, 6.45) is 6.83. The molecule has 0 spiro atoms. The summed E-state index contributed by atoms with van der Waals surface area (Å²) in [6, 6.07) is -1.32. The van der Waals surface area contributed by atoms with Crippen molar-refractivity contribution in [3.63, 3.8) is 0 Å². The van der Waals surface area contributed by atoms with Gasteiger partial charge in [-0.15, -0.1) is 23.4 Å². The van der Waals surface area contributed by atoms with Crippen LogP contribution in [0.1, 0.15) is 39.0 Å². The van der Waals surface area contributed by atoms with Crippen LogP contribution in [0.2, 0.25) is 0 Å². The number of carbonyl (C=O) groups is 4. The van der Waals surface area contributed by atoms with Gasteiger partial charge >= 0.3 is 5.97 Å². The summed E-state index contributed by atoms with van der Waals surface area (Å²) in [5.41, 5.74) is 1.69. The quantitative estimate of drug-likeness (QED) is 0.108. The first-order chi connectivity index (χ1) is 19.5. The lowest BCUT2D eigenvalue weighted by Gasteiger charge is -2.32. The SMILES string of the molecule is C=C/C(=C\C1OCC[C@@H]1C)C(=O)N1CCC(C(=C)O)=C(CC(Cl)CC(=O)N[C@@H](CNC(=O)[C@@H]2CC=CS2)C(=O)O)C1. The molecule has 5 atom stereocenters. The number of aliphatic carboxylic acids is 1. The van der Waals surface area contributed by atoms with E-state index in [1.165, 1.54) is 17.8 Å². The van der Waals surface area contributed by atoms with Crippen molar-refractivity contribution < 1.29 is 34.1 Å². The molecule has 3 aliphatic heterocycles. The molecule has 3 rings (SSSR count). The molecule has 0 saturated carbocycles. The Bertz CT molecular complexity index is 1140. The van der Waals surface area contributed by atoms with E-state index in [0.29, 0.717) is 48.6 Å². The molecule has 1 fully saturated rings. The lowest BCUT2D eigenvalue weighted by molar-refractivity contribution is -0.141. The minimum Gasteiger partial charge on any atom is -0.508 e. The second-order valence-corrected chi connectivity index (χ2v) is 12.1. The number of carboxylic acids is 1. The fourth-order valence-corrected chi connectivity index (χ4v) is 6.09. The average Bonchev–Trinajstić information content (AvgIpc) is 3.60. The van der Waals surface area contributed by atoms with Gasteiger partial charge in [0.2, 0.25) is 11.8 Å². The third kappa shape index (κ3) is 9.24. The Morgan fingerprint density at radius 2 is 2.07 bits per heavy atom. The maximum absolute atomic E-state index is 13.3. The Hall–Kier alpha value is -3.02. The fourth-order valence-electron chi connectivity index (χ4n) is 4.92. The van der Waals surface area contributed by atoms with E-state index in [9.17, 15) is 29.4 Å². The van der Waals surface area contributed by atoms with Crippen molar-refractivity contribution in [1.82, 2.24) is 15.5 Å². The smallest absolute Gasteiger partial charge is 0.328 e. The van der Waals surface area contributed by atoms with Gasteiger partial charge in [0.05, 0.1) is 11.4 Å². The summed E-state index contributed by atoms with van der Waals surface area (Å²) >= 11 is 7.87. The zero-order chi connectivity index (χ0) is 30.1. The number of halogens is 1. The molecule has 3 heterocycles. The van der Waals surface area contributed by atoms with E-state index in [-0.39, 0.29) is 54.9 Å². The summed E-state index contributed by atoms with van der Waals surface area (Å²) in [4.78, 5) is 51.5. The molecule has 41 heavy (non-hydrogen) atoms. The van der Waals surface area contributed by atoms with Crippen LogP contribution in [-0.4, -0.2) is 87.8 Å². The number of amides is 3. The van der Waals surface area contributed by atoms with Crippen molar-refractivity contribution in [2.75, 3.05) is 26.2 Å². The fraction of sp³-hybridized carbons (Fsp3) is 0.517. The molecule has 0 radical (unpaired) electrons. The number of hydrogen-bond donors (Lipinski definition) is 4. The van der Waals surface area contributed by atoms with Crippen molar-refractivity contribution in [3.8, 4) is 0 Å². The number of aliphatic hydroxyl groups excluding tert-OH is 1. The molecule has 4 N–H and O–H groups in total. The predicted octanol–water partition coefficient (Wildman–Crippen LogP) is 3.22. The standard InChI is InChI=1S/C29H38ClN3O7S/c1-4-19(13-24-17(2)8-10-40-24)28(37)33-9-7-22(18(3)34)20(16-33)12-21(30)14-26(35)32-23(29(38)39)15-31-27(36)25-6-5-11-41-25/h4-5,11,13,17,21,23-25,34H,1,3,6-10,12,14-16H2,2H3,(H,31,36)(H,32,35)(H,38,39)/b19-13+/t17-,21?,23-,24?,25-/m0/s1. The minimum absolute atomic E-state index is 0.120. The number of nitrogens with one attached hydrogen (secondary N) is 2. The van der Waals surface area contributed by atoms with E-state index >= 15 is 0 Å². The molecule has 12 heteroatoms. The summed E-state index contributed by atoms with van der Waals surface area (Å²) < 4.78 is 5.72. The number of carboxylic acid groups (broad SMARTS) is 1. The summed E-state index contributed by atoms with van der Waals surface area (Å²) in [5, 5.41) is 25.4. The highest BCUT2D eigenvalue weighted by Gasteiger charge is 2.30. The van der Waals surface area contributed by atoms with Crippen molar-refractivity contribution in [3.05, 3.63) is 59.3 Å². The van der Waals surface area contributed by atoms with Gasteiger partial charge in [0, 0.05) is 43.6 Å². The average molecular weight is 608 g/mol. The van der Waals surface area contributed by atoms with Crippen LogP contribution < -0.4 is 10.6 Å². The Morgan fingerprint density at radius 3 is 2.66 bits per heavy atom. The van der Waals surface area contributed by atoms with E-state index in [4.69, 9.17) is 16.3 Å². The summed E-state index contributed by atoms with van der Waals surface area (Å²) in [6.45, 7) is 10.4. The van der Waals surface area contributed by atoms with Crippen LogP contribution in [0.3, 0.4) is 0 Å². The predicted molar refractivity (Wildman–Crippen MR) is 158 cm³/mol. The number of nitrogens with zero attached hydrogens (tertiary/aromatic N) is 1. The molecule has 224 valence electrons. The third-order valence-electron chi connectivity index (χ3n) is 7.30. The van der Waals surface area contributed by atoms with Crippen LogP contribution in [0, 0.1) is 5.92 Å². The van der Waals surface area contributed by atoms with Gasteiger partial charge in [0.15, 0.2) is 0 Å². The molecule has 0 aromatic heterocycles. The molecule has 0 aromatic rings. The molecule has 0 aliphatic carbocycles. The van der Waals surface area contributed by atoms with Crippen LogP contribution in [0.15, 0.2) is 59.3 Å². The van der Waals surface area contributed by atoms with Gasteiger partial charge in [-0.25, -0.2) is 4.79 Å². The first-order valence-electron chi connectivity index (χ1n) is 13.6. The summed E-state index contributed by atoms with van der Waals surface area (Å²) in [7, 11) is 0. The second kappa shape index (κ2) is 15.3. The number of alkyl halides is 1. The van der Waals surface area contributed by atoms with Crippen molar-refractivity contribution in [2.45, 2.75) is 61.8 Å². The van der Waals surface area contributed by atoms with Gasteiger partial charge in [-0.2, -0.15) is 0 Å². The highest BCUT2D eigenvalue weighted by atomic mass is 35.5. The number of rotatable bonds is 13. The topological polar surface area (TPSA) is 145 Å². The number of ether oxygens (including phenoxy) is 1. The molecule has 3 aliphatic rings. The molecule has 3 amide bonds. The van der Waals surface area contributed by atoms with Crippen LogP contribution in [0.5, 0.6) is 0 Å². The largest absolute Gasteiger partial charge is 0.508 e. The van der Waals surface area contributed by atoms with E-state index < -0.39 is 23.3 Å². The zero-order valence-corrected chi connectivity index (χ0v) is 24.7. The molecule has 2 unspecified atom stereocenters. The molecular formula is C29H38ClN3O7S. The Morgan fingerprint density at radius 1 is 1.32 bits per heavy atom. The molecule has 10 nitrogen and oxygen atoms in total. The molecule has 0 bridgehead atoms. The maximum Gasteiger partial charge on any atom is 0.328 e. The van der Waals surface area contributed by atoms with Gasteiger partial charge in [-0.05, 0) is 54.2 Å². The monoisotopic (exact) mass is 607 g/mol. The highest BCUT2D eigenvalue weighted by molar-refractivity contribution is 8.03. The second-order valence-electron chi connectivity index (χ2n) is 10.4.